The minimum Gasteiger partial charge on any atom is -1.00 e. The van der Waals surface area contributed by atoms with Crippen LogP contribution in [-0.2, 0) is 93.4 Å². The quantitative estimate of drug-likeness (QED) is 0.0235. The molecular weight excluding hydrogens is 1580 g/mol. The summed E-state index contributed by atoms with van der Waals surface area (Å²) in [6.07, 6.45) is 3.40. The monoisotopic (exact) mass is 1680 g/mol. The molecule has 3 aromatic heterocycles. The van der Waals surface area contributed by atoms with Gasteiger partial charge in [-0.2, -0.15) is 15.3 Å². The fourth-order valence-corrected chi connectivity index (χ4v) is 14.4. The zero-order valence-corrected chi connectivity index (χ0v) is 71.9. The Morgan fingerprint density at radius 2 is 0.787 bits per heavy atom. The summed E-state index contributed by atoms with van der Waals surface area (Å²) in [6, 6.07) is 43.9. The molecule has 22 nitrogen and oxygen atoms in total. The van der Waals surface area contributed by atoms with Gasteiger partial charge in [0.25, 0.3) is 0 Å². The summed E-state index contributed by atoms with van der Waals surface area (Å²) in [6.45, 7) is 25.0. The van der Waals surface area contributed by atoms with Crippen LogP contribution >= 0.6 is 15.9 Å². The molecule has 580 valence electrons. The Morgan fingerprint density at radius 3 is 1.10 bits per heavy atom. The molecule has 108 heavy (non-hydrogen) atoms. The Kier molecular flexibility index (Phi) is 34.5. The minimum absolute atomic E-state index is 0. The summed E-state index contributed by atoms with van der Waals surface area (Å²) in [5.74, 6) is 0.915. The Labute approximate surface area is 673 Å². The average molecular weight is 1680 g/mol. The number of rotatable bonds is 25. The number of methoxy groups -OCH3 is 2. The Hall–Kier alpha value is -6.39. The van der Waals surface area contributed by atoms with Crippen LogP contribution in [0.15, 0.2) is 165 Å². The van der Waals surface area contributed by atoms with Crippen LogP contribution in [-0.4, -0.2) is 174 Å². The average Bonchev–Trinajstić information content (AvgIpc) is 1.59. The molecule has 10 rings (SSSR count). The number of nitrogens with zero attached hydrogens (tertiary/aromatic N) is 6. The molecule has 0 amide bonds. The molecule has 0 bridgehead atoms. The molecule has 0 aliphatic carbocycles. The van der Waals surface area contributed by atoms with Crippen molar-refractivity contribution >= 4 is 92.6 Å². The maximum atomic E-state index is 12.3. The smallest absolute Gasteiger partial charge is 1.00 e. The maximum absolute atomic E-state index is 12.3. The van der Waals surface area contributed by atoms with Crippen molar-refractivity contribution < 1.29 is 91.0 Å². The van der Waals surface area contributed by atoms with Gasteiger partial charge < -0.3 is 63.6 Å². The number of ether oxygens (including phenoxy) is 2. The predicted octanol–water partition coefficient (Wildman–Crippen LogP) is 9.35. The van der Waals surface area contributed by atoms with Crippen LogP contribution in [0.1, 0.15) is 126 Å². The van der Waals surface area contributed by atoms with Gasteiger partial charge in [-0.15, -0.1) is 0 Å². The fourth-order valence-electron chi connectivity index (χ4n) is 11.3. The van der Waals surface area contributed by atoms with Crippen LogP contribution in [0.4, 0.5) is 0 Å². The van der Waals surface area contributed by atoms with E-state index < -0.39 is 53.4 Å². The van der Waals surface area contributed by atoms with E-state index in [1.54, 1.807) is 62.4 Å². The summed E-state index contributed by atoms with van der Waals surface area (Å²) in [4.78, 5) is 24.6. The second-order valence-corrected chi connectivity index (χ2v) is 35.7. The first-order valence-corrected chi connectivity index (χ1v) is 40.6. The molecule has 9 aromatic rings. The van der Waals surface area contributed by atoms with Crippen molar-refractivity contribution in [2.45, 2.75) is 154 Å². The van der Waals surface area contributed by atoms with Gasteiger partial charge in [-0.3, -0.25) is 23.6 Å². The number of aromatic nitrogens is 6. The minimum atomic E-state index is -3.47. The van der Waals surface area contributed by atoms with Crippen molar-refractivity contribution in [3.05, 3.63) is 191 Å². The topological polar surface area (TPSA) is 308 Å². The Morgan fingerprint density at radius 1 is 0.491 bits per heavy atom. The van der Waals surface area contributed by atoms with Gasteiger partial charge in [-0.1, -0.05) is 155 Å². The van der Waals surface area contributed by atoms with Crippen molar-refractivity contribution in [1.29, 1.82) is 0 Å². The van der Waals surface area contributed by atoms with E-state index in [1.807, 2.05) is 133 Å². The van der Waals surface area contributed by atoms with E-state index in [2.05, 4.69) is 72.8 Å². The molecule has 6 aromatic carbocycles. The second-order valence-electron chi connectivity index (χ2n) is 28.8. The molecule has 0 spiro atoms. The molecule has 4 heterocycles. The van der Waals surface area contributed by atoms with Crippen LogP contribution in [0.2, 0.25) is 0 Å². The van der Waals surface area contributed by atoms with Crippen LogP contribution in [0.5, 0.6) is 0 Å². The van der Waals surface area contributed by atoms with Gasteiger partial charge in [0.15, 0.2) is 29.5 Å². The van der Waals surface area contributed by atoms with E-state index in [0.717, 1.165) is 92.4 Å². The number of aliphatic hydroxyl groups is 4. The van der Waals surface area contributed by atoms with Crippen molar-refractivity contribution in [2.24, 2.45) is 17.8 Å². The molecule has 1 aliphatic heterocycles. The van der Waals surface area contributed by atoms with E-state index in [-0.39, 0.29) is 107 Å². The van der Waals surface area contributed by atoms with Crippen molar-refractivity contribution in [2.75, 3.05) is 46.2 Å². The number of carbonyl (C=O) groups excluding carboxylic acids is 2. The summed E-state index contributed by atoms with van der Waals surface area (Å²) >= 11 is 3.43. The first-order chi connectivity index (χ1) is 49.0. The standard InChI is InChI=1S/C24H28N2O5S.C24H30N2O4S.C16H19BrN2O2.C14H21BO5S.CH3.BrH.Mg/c1-16(2)13-26-22(12-21(25-26)23(28)15-31-3)18-7-5-17(6-8-18)19-9-10-20(14-27)24(11-19)32(4,29)30;1-16(2)14-26-21(13-23(25-26)24(3,4)28)18-8-6-17(7-9-18)19-10-11-20(15-27)22(12-19)31(5,29)30;1-11(2)9-19-15(12-4-6-13(17)7-5-12)8-14(18-19)16(20)10-21-3;1-13(2)14(3,4)20-15(19-13)11-7-6-10(9-16)12(8-11)21(5,17)18;;;/h5-12,16,27H,13-15H2,1-4H3;6-13,16,27-28H,14-15H2,1-5H3;4-8,11H,9-10H2,1-3H3;6-8,16H,9H2,1-5H3;1H3;1H;/q;;;;-1;;+2/p-1. The molecule has 0 radical (unpaired) electrons. The first kappa shape index (κ1) is 94.0. The number of halogens is 2. The van der Waals surface area contributed by atoms with Gasteiger partial charge in [0.05, 0.1) is 68.5 Å². The van der Waals surface area contributed by atoms with Crippen molar-refractivity contribution in [1.82, 2.24) is 29.3 Å². The number of hydrogen-bond donors (Lipinski definition) is 4. The number of hydrogen-bond acceptors (Lipinski definition) is 19. The molecule has 4 N–H and O–H groups in total. The summed E-state index contributed by atoms with van der Waals surface area (Å²) < 4.78 is 100. The normalized spacial score (nSPS) is 13.3. The van der Waals surface area contributed by atoms with Gasteiger partial charge in [-0.25, -0.2) is 25.3 Å². The third kappa shape index (κ3) is 24.8. The van der Waals surface area contributed by atoms with Crippen LogP contribution in [0, 0.1) is 25.2 Å². The van der Waals surface area contributed by atoms with E-state index in [0.29, 0.717) is 63.5 Å². The van der Waals surface area contributed by atoms with Gasteiger partial charge in [0.1, 0.15) is 30.2 Å². The molecule has 1 fully saturated rings. The molecule has 0 unspecified atom stereocenters. The van der Waals surface area contributed by atoms with Crippen LogP contribution in [0.3, 0.4) is 0 Å². The van der Waals surface area contributed by atoms with Gasteiger partial charge in [-0.05, 0) is 169 Å². The molecule has 0 atom stereocenters. The number of carbonyl (C=O) groups is 2. The van der Waals surface area contributed by atoms with Crippen molar-refractivity contribution in [3.63, 3.8) is 0 Å². The first-order valence-electron chi connectivity index (χ1n) is 34.2. The largest absolute Gasteiger partial charge is 2.00 e. The van der Waals surface area contributed by atoms with E-state index in [1.165, 1.54) is 20.3 Å². The summed E-state index contributed by atoms with van der Waals surface area (Å²) in [7, 11) is -7.98. The second kappa shape index (κ2) is 39.7. The van der Waals surface area contributed by atoms with Crippen LogP contribution < -0.4 is 22.4 Å². The Balaban J connectivity index is 0.000000307. The number of sulfone groups is 3. The summed E-state index contributed by atoms with van der Waals surface area (Å²) in [5, 5.41) is 52.1. The van der Waals surface area contributed by atoms with Crippen molar-refractivity contribution in [3.8, 4) is 56.0 Å². The predicted molar refractivity (Wildman–Crippen MR) is 425 cm³/mol. The molecular formula is C79H101BBr2MgN6O16S3. The third-order valence-corrected chi connectivity index (χ3v) is 21.4. The SMILES string of the molecule is CC(C)Cn1nc(C(C)(C)O)cc1-c1ccc(-c2ccc(CO)c(S(C)(=O)=O)c2)cc1.CC1(C)OB(c2ccc(CO)c(S(C)(=O)=O)c2)OC1(C)C.COCC(=O)c1cc(-c2ccc(-c3ccc(CO)c(S(C)(=O)=O)c3)cc2)n(CC(C)C)n1.COCC(=O)c1cc(-c2ccc(Br)cc2)n(CC(C)C)n1.[Br-].[CH3-].[Mg+2]. The van der Waals surface area contributed by atoms with Gasteiger partial charge in [0, 0.05) is 57.1 Å². The zero-order chi connectivity index (χ0) is 77.9. The summed E-state index contributed by atoms with van der Waals surface area (Å²) in [5.41, 5.74) is 10.0. The molecule has 0 saturated carbocycles. The maximum Gasteiger partial charge on any atom is 2.00 e. The number of Topliss-reactive ketones (excluding diaryl/α,β-unsaturated/α-hetero) is 2. The van der Waals surface area contributed by atoms with Gasteiger partial charge >= 0.3 is 30.2 Å². The third-order valence-electron chi connectivity index (χ3n) is 17.3. The zero-order valence-electron chi connectivity index (χ0n) is 64.9. The number of benzene rings is 6. The number of ketones is 2. The fraction of sp³-hybridized carbons (Fsp3) is 0.392. The Bertz CT molecular complexity index is 4850. The molecule has 1 saturated heterocycles. The molecule has 1 aliphatic rings. The molecule has 29 heteroatoms. The number of aliphatic hydroxyl groups excluding tert-OH is 3. The van der Waals surface area contributed by atoms with Crippen LogP contribution in [0.25, 0.3) is 56.0 Å². The van der Waals surface area contributed by atoms with Gasteiger partial charge in [0.2, 0.25) is 11.6 Å². The van der Waals surface area contributed by atoms with E-state index in [9.17, 15) is 55.3 Å². The van der Waals surface area contributed by atoms with E-state index in [4.69, 9.17) is 18.8 Å². The van der Waals surface area contributed by atoms with E-state index >= 15 is 0 Å².